The number of carbonyl (C=O) groups excluding carboxylic acids is 1. The summed E-state index contributed by atoms with van der Waals surface area (Å²) in [6, 6.07) is 1.96. The van der Waals surface area contributed by atoms with Crippen LogP contribution in [0.5, 0.6) is 0 Å². The third-order valence-corrected chi connectivity index (χ3v) is 3.45. The van der Waals surface area contributed by atoms with Crippen LogP contribution in [0.25, 0.3) is 0 Å². The molecule has 102 valence electrons. The molecule has 19 heavy (non-hydrogen) atoms. The summed E-state index contributed by atoms with van der Waals surface area (Å²) in [5.41, 5.74) is 2.56. The fourth-order valence-electron chi connectivity index (χ4n) is 2.21. The number of hydrazine groups is 1. The average molecular weight is 262 g/mol. The molecule has 7 nitrogen and oxygen atoms in total. The molecule has 2 aliphatic rings. The van der Waals surface area contributed by atoms with Gasteiger partial charge in [0, 0.05) is 31.0 Å². The Morgan fingerprint density at radius 2 is 2.11 bits per heavy atom. The molecule has 1 unspecified atom stereocenters. The Kier molecular flexibility index (Phi) is 3.20. The molecular weight excluding hydrogens is 244 g/mol. The maximum Gasteiger partial charge on any atom is 0.220 e. The summed E-state index contributed by atoms with van der Waals surface area (Å²) in [7, 11) is 0. The van der Waals surface area contributed by atoms with E-state index >= 15 is 0 Å². The Bertz CT molecular complexity index is 487. The first-order valence-corrected chi connectivity index (χ1v) is 6.63. The zero-order valence-electron chi connectivity index (χ0n) is 10.6. The molecule has 1 aromatic rings. The number of nitrogens with two attached hydrogens (primary N) is 1. The summed E-state index contributed by atoms with van der Waals surface area (Å²) < 4.78 is 0. The van der Waals surface area contributed by atoms with Crippen molar-refractivity contribution in [3.05, 3.63) is 11.9 Å². The predicted octanol–water partition coefficient (Wildman–Crippen LogP) is 0.330. The van der Waals surface area contributed by atoms with E-state index in [4.69, 9.17) is 5.84 Å². The van der Waals surface area contributed by atoms with Crippen molar-refractivity contribution in [1.29, 1.82) is 0 Å². The first-order valence-electron chi connectivity index (χ1n) is 6.63. The van der Waals surface area contributed by atoms with Crippen LogP contribution in [0, 0.1) is 0 Å². The number of hydrogen-bond donors (Lipinski definition) is 4. The molecule has 1 atom stereocenters. The van der Waals surface area contributed by atoms with Crippen molar-refractivity contribution in [3.8, 4) is 0 Å². The van der Waals surface area contributed by atoms with Crippen molar-refractivity contribution < 1.29 is 4.79 Å². The molecule has 7 heteroatoms. The summed E-state index contributed by atoms with van der Waals surface area (Å²) in [6.45, 7) is 0.677. The van der Waals surface area contributed by atoms with Crippen LogP contribution < -0.4 is 21.9 Å². The van der Waals surface area contributed by atoms with E-state index in [1.54, 1.807) is 6.07 Å². The second kappa shape index (κ2) is 5.00. The monoisotopic (exact) mass is 262 g/mol. The molecule has 1 aliphatic heterocycles. The van der Waals surface area contributed by atoms with E-state index in [-0.39, 0.29) is 11.9 Å². The molecule has 0 spiro atoms. The number of anilines is 2. The molecule has 0 aromatic carbocycles. The highest BCUT2D eigenvalue weighted by atomic mass is 16.1. The smallest absolute Gasteiger partial charge is 0.220 e. The number of hydrogen-bond acceptors (Lipinski definition) is 6. The molecule has 0 bridgehead atoms. The molecule has 3 rings (SSSR count). The average Bonchev–Trinajstić information content (AvgIpc) is 3.19. The number of nitrogen functional groups attached to an aromatic ring is 1. The molecular formula is C12H18N6O. The van der Waals surface area contributed by atoms with Crippen LogP contribution in [0.3, 0.4) is 0 Å². The number of rotatable bonds is 5. The van der Waals surface area contributed by atoms with Crippen LogP contribution >= 0.6 is 0 Å². The third kappa shape index (κ3) is 2.93. The van der Waals surface area contributed by atoms with Crippen LogP contribution in [0.1, 0.15) is 37.4 Å². The second-order valence-corrected chi connectivity index (χ2v) is 5.10. The van der Waals surface area contributed by atoms with Gasteiger partial charge in [0.25, 0.3) is 0 Å². The molecule has 1 aromatic heterocycles. The number of aromatic nitrogens is 2. The van der Waals surface area contributed by atoms with E-state index in [0.717, 1.165) is 30.9 Å². The Hall–Kier alpha value is -1.89. The Labute approximate surface area is 111 Å². The van der Waals surface area contributed by atoms with Crippen LogP contribution in [-0.4, -0.2) is 28.5 Å². The van der Waals surface area contributed by atoms with Gasteiger partial charge in [-0.1, -0.05) is 0 Å². The van der Waals surface area contributed by atoms with Crippen molar-refractivity contribution in [2.24, 2.45) is 5.84 Å². The fraction of sp³-hybridized carbons (Fsp3) is 0.583. The van der Waals surface area contributed by atoms with Crippen LogP contribution in [-0.2, 0) is 4.79 Å². The van der Waals surface area contributed by atoms with Crippen molar-refractivity contribution in [2.75, 3.05) is 17.3 Å². The van der Waals surface area contributed by atoms with Crippen molar-refractivity contribution in [2.45, 2.75) is 37.6 Å². The number of amides is 1. The largest absolute Gasteiger partial charge is 0.368 e. The third-order valence-electron chi connectivity index (χ3n) is 3.45. The SMILES string of the molecule is NNc1cc(NCC2CCC(=O)N2)nc(C2CC2)n1. The van der Waals surface area contributed by atoms with Crippen LogP contribution in [0.4, 0.5) is 11.6 Å². The highest BCUT2D eigenvalue weighted by Crippen LogP contribution is 2.38. The minimum Gasteiger partial charge on any atom is -0.368 e. The van der Waals surface area contributed by atoms with Gasteiger partial charge >= 0.3 is 0 Å². The van der Waals surface area contributed by atoms with E-state index in [1.807, 2.05) is 0 Å². The zero-order chi connectivity index (χ0) is 13.2. The lowest BCUT2D eigenvalue weighted by atomic mass is 10.2. The second-order valence-electron chi connectivity index (χ2n) is 5.10. The Morgan fingerprint density at radius 1 is 1.32 bits per heavy atom. The zero-order valence-corrected chi connectivity index (χ0v) is 10.6. The molecule has 2 fully saturated rings. The van der Waals surface area contributed by atoms with E-state index in [1.165, 1.54) is 0 Å². The molecule has 1 saturated carbocycles. The summed E-state index contributed by atoms with van der Waals surface area (Å²) in [6.07, 6.45) is 3.77. The summed E-state index contributed by atoms with van der Waals surface area (Å²) in [5.74, 6) is 8.23. The van der Waals surface area contributed by atoms with Gasteiger partial charge in [-0.3, -0.25) is 4.79 Å². The van der Waals surface area contributed by atoms with Gasteiger partial charge < -0.3 is 16.1 Å². The standard InChI is InChI=1S/C12H18N6O/c13-18-10-5-9(16-12(17-10)7-1-2-7)14-6-8-3-4-11(19)15-8/h5,7-8H,1-4,6,13H2,(H,15,19)(H2,14,16,17,18). The molecule has 1 amide bonds. The molecule has 0 radical (unpaired) electrons. The van der Waals surface area contributed by atoms with Gasteiger partial charge in [0.2, 0.25) is 5.91 Å². The molecule has 2 heterocycles. The highest BCUT2D eigenvalue weighted by Gasteiger charge is 2.27. The van der Waals surface area contributed by atoms with Crippen molar-refractivity contribution in [3.63, 3.8) is 0 Å². The van der Waals surface area contributed by atoms with Gasteiger partial charge in [-0.25, -0.2) is 15.8 Å². The van der Waals surface area contributed by atoms with E-state index < -0.39 is 0 Å². The van der Waals surface area contributed by atoms with Gasteiger partial charge in [-0.15, -0.1) is 0 Å². The van der Waals surface area contributed by atoms with Gasteiger partial charge in [0.15, 0.2) is 0 Å². The Morgan fingerprint density at radius 3 is 2.74 bits per heavy atom. The Balaban J connectivity index is 1.65. The molecule has 5 N–H and O–H groups in total. The first kappa shape index (κ1) is 12.2. The van der Waals surface area contributed by atoms with Gasteiger partial charge in [-0.2, -0.15) is 0 Å². The summed E-state index contributed by atoms with van der Waals surface area (Å²) in [4.78, 5) is 20.0. The summed E-state index contributed by atoms with van der Waals surface area (Å²) in [5, 5.41) is 6.16. The maximum absolute atomic E-state index is 11.1. The molecule has 1 saturated heterocycles. The highest BCUT2D eigenvalue weighted by molar-refractivity contribution is 5.78. The first-order chi connectivity index (χ1) is 9.24. The van der Waals surface area contributed by atoms with E-state index in [9.17, 15) is 4.79 Å². The topological polar surface area (TPSA) is 105 Å². The van der Waals surface area contributed by atoms with Crippen molar-refractivity contribution in [1.82, 2.24) is 15.3 Å². The lowest BCUT2D eigenvalue weighted by Gasteiger charge is -2.13. The van der Waals surface area contributed by atoms with Crippen molar-refractivity contribution >= 4 is 17.5 Å². The van der Waals surface area contributed by atoms with E-state index in [2.05, 4.69) is 26.0 Å². The fourth-order valence-corrected chi connectivity index (χ4v) is 2.21. The lowest BCUT2D eigenvalue weighted by Crippen LogP contribution is -2.32. The van der Waals surface area contributed by atoms with Gasteiger partial charge in [-0.05, 0) is 19.3 Å². The molecule has 1 aliphatic carbocycles. The van der Waals surface area contributed by atoms with Gasteiger partial charge in [0.1, 0.15) is 17.5 Å². The minimum atomic E-state index is 0.123. The number of nitrogens with one attached hydrogen (secondary N) is 3. The quantitative estimate of drug-likeness (QED) is 0.450. The summed E-state index contributed by atoms with van der Waals surface area (Å²) >= 11 is 0. The lowest BCUT2D eigenvalue weighted by molar-refractivity contribution is -0.119. The minimum absolute atomic E-state index is 0.123. The number of carbonyl (C=O) groups is 1. The van der Waals surface area contributed by atoms with Gasteiger partial charge in [0.05, 0.1) is 0 Å². The van der Waals surface area contributed by atoms with Crippen LogP contribution in [0.2, 0.25) is 0 Å². The normalized spacial score (nSPS) is 22.2. The maximum atomic E-state index is 11.1. The number of nitrogens with zero attached hydrogens (tertiary/aromatic N) is 2. The predicted molar refractivity (Wildman–Crippen MR) is 71.5 cm³/mol. The van der Waals surface area contributed by atoms with E-state index in [0.29, 0.717) is 24.7 Å². The van der Waals surface area contributed by atoms with Crippen LogP contribution in [0.15, 0.2) is 6.07 Å².